The molecule has 0 radical (unpaired) electrons. The number of alkyl halides is 1. The van der Waals surface area contributed by atoms with Gasteiger partial charge >= 0.3 is 11.9 Å². The van der Waals surface area contributed by atoms with Crippen LogP contribution in [0.4, 0.5) is 0 Å². The summed E-state index contributed by atoms with van der Waals surface area (Å²) in [4.78, 5) is 113. The number of rotatable bonds is 15. The fourth-order valence-corrected chi connectivity index (χ4v) is 17.2. The molecule has 96 heavy (non-hydrogen) atoms. The number of nitrogens with zero attached hydrogens (tertiary/aromatic N) is 2. The smallest absolute Gasteiger partial charge is 0.308 e. The van der Waals surface area contributed by atoms with Crippen molar-refractivity contribution in [3.05, 3.63) is 59.7 Å². The summed E-state index contributed by atoms with van der Waals surface area (Å²) < 4.78 is 36.6. The lowest BCUT2D eigenvalue weighted by Gasteiger charge is -2.51. The highest BCUT2D eigenvalue weighted by atomic mass is 79.9. The van der Waals surface area contributed by atoms with Crippen molar-refractivity contribution in [1.29, 1.82) is 0 Å². The first-order chi connectivity index (χ1) is 43.7. The SMILES string of the molecule is C.CC(=O)O[C@H]1NC(=O)[C@@H]1[C@@H](C)O[Si](C)(C)C(C)(C)C.CC(Br)C(=O)N1C(=O)c2ccccc2OC12CCCCC2.C[C@@H](O[Si](C)(C)C(C)(C)C)[C@H]1C(=O)N[C@@H]1[C@@H](C)C(=O)N1C(=O)c2ccccc2OC12CCCCC2.C[C@@H](O[Si](C)(C)C(C)(C)C)[C@H]1C(=O)N[C@@H]1[C@@H](C)C(=O)O. The molecule has 0 aromatic heterocycles. The Morgan fingerprint density at radius 3 is 1.17 bits per heavy atom. The van der Waals surface area contributed by atoms with Crippen LogP contribution in [0.3, 0.4) is 0 Å². The lowest BCUT2D eigenvalue weighted by molar-refractivity contribution is -0.173. The van der Waals surface area contributed by atoms with Gasteiger partial charge in [-0.15, -0.1) is 0 Å². The summed E-state index contributed by atoms with van der Waals surface area (Å²) in [5.74, 6) is -3.90. The van der Waals surface area contributed by atoms with E-state index in [9.17, 15) is 43.2 Å². The minimum Gasteiger partial charge on any atom is -0.481 e. The predicted octanol–water partition coefficient (Wildman–Crippen LogP) is 13.3. The van der Waals surface area contributed by atoms with Crippen molar-refractivity contribution in [3.63, 3.8) is 0 Å². The second-order valence-corrected chi connectivity index (χ2v) is 47.3. The molecule has 2 aromatic carbocycles. The zero-order chi connectivity index (χ0) is 71.7. The number of β-lactam (4-membered cyclic amide) rings is 3. The first-order valence-electron chi connectivity index (χ1n) is 34.0. The van der Waals surface area contributed by atoms with Crippen molar-refractivity contribution in [3.8, 4) is 11.5 Å². The largest absolute Gasteiger partial charge is 0.481 e. The molecule has 2 aromatic rings. The van der Waals surface area contributed by atoms with Crippen molar-refractivity contribution in [2.24, 2.45) is 29.6 Å². The topological polar surface area (TPSA) is 272 Å². The summed E-state index contributed by atoms with van der Waals surface area (Å²) in [5, 5.41) is 17.5. The van der Waals surface area contributed by atoms with Gasteiger partial charge in [-0.3, -0.25) is 43.2 Å². The molecule has 2 aliphatic carbocycles. The third kappa shape index (κ3) is 17.6. The van der Waals surface area contributed by atoms with Crippen LogP contribution >= 0.6 is 15.9 Å². The first-order valence-corrected chi connectivity index (χ1v) is 43.6. The number of carboxylic acid groups (broad SMARTS) is 1. The van der Waals surface area contributed by atoms with Crippen molar-refractivity contribution in [2.75, 3.05) is 0 Å². The summed E-state index contributed by atoms with van der Waals surface area (Å²) >= 11 is 3.29. The number of aliphatic carboxylic acids is 1. The minimum atomic E-state index is -2.10. The maximum absolute atomic E-state index is 14.0. The number of amides is 7. The average molecular weight is 1460 g/mol. The van der Waals surface area contributed by atoms with Crippen LogP contribution in [-0.4, -0.2) is 146 Å². The van der Waals surface area contributed by atoms with E-state index in [-0.39, 0.29) is 100 Å². The number of imide groups is 2. The van der Waals surface area contributed by atoms with E-state index >= 15 is 0 Å². The van der Waals surface area contributed by atoms with Gasteiger partial charge < -0.3 is 48.5 Å². The molecule has 538 valence electrons. The second-order valence-electron chi connectivity index (χ2n) is 31.6. The standard InChI is InChI=1S/C27H40N2O5Si.C16H18BrNO3.C14H27NO4Si.C13H25NO4Si.CH4/c1-17(22-21(23(30)28-22)18(2)34-35(6,7)26(3,4)5)24(31)29-25(32)19-13-9-10-14-20(19)33-27(29)15-11-8-12-16-27;1-11(17)14(19)18-15(20)12-7-3-4-8-13(12)21-16(18)9-5-2-6-10-16;1-8(13(17)18)11-10(12(16)15-11)9(2)19-20(6,7)14(3,4)5;1-8(18-19(6,7)13(3,4)5)10-11(16)14-12(10)17-9(2)15;/h9-10,13-14,17-18,21-22H,8,11-12,15-16H2,1-7H3,(H,28,30);3-4,7-8,11H,2,5-6,9-10H2,1H3;8-11H,1-7H3,(H,15,16)(H,17,18);8,10,12H,1-7H3,(H,14,16);1H4/t17-,18-,21-,22-;;8-,9-,10-,11-;8-,10+,12-;/m1.11./s1. The Kier molecular flexibility index (Phi) is 26.3. The van der Waals surface area contributed by atoms with E-state index in [0.717, 1.165) is 38.5 Å². The van der Waals surface area contributed by atoms with Crippen LogP contribution in [0.15, 0.2) is 48.5 Å². The van der Waals surface area contributed by atoms with E-state index in [4.69, 9.17) is 32.6 Å². The fraction of sp³-hybridized carbons (Fsp3) is 0.704. The Morgan fingerprint density at radius 1 is 0.531 bits per heavy atom. The van der Waals surface area contributed by atoms with E-state index in [1.165, 1.54) is 16.7 Å². The molecule has 9 rings (SSSR count). The van der Waals surface area contributed by atoms with E-state index in [2.05, 4.69) is 133 Å². The van der Waals surface area contributed by atoms with Gasteiger partial charge in [0, 0.05) is 32.6 Å². The van der Waals surface area contributed by atoms with Crippen LogP contribution in [0.1, 0.15) is 203 Å². The molecule has 5 heterocycles. The number of benzene rings is 2. The molecule has 25 heteroatoms. The van der Waals surface area contributed by atoms with Crippen molar-refractivity contribution in [1.82, 2.24) is 25.8 Å². The van der Waals surface area contributed by atoms with E-state index < -0.39 is 83.1 Å². The summed E-state index contributed by atoms with van der Waals surface area (Å²) in [5.41, 5.74) is -0.882. The minimum absolute atomic E-state index is 0. The maximum atomic E-state index is 14.0. The molecule has 3 saturated heterocycles. The number of esters is 1. The summed E-state index contributed by atoms with van der Waals surface area (Å²) in [6.45, 7) is 44.5. The maximum Gasteiger partial charge on any atom is 0.308 e. The number of nitrogens with one attached hydrogen (secondary N) is 3. The number of carboxylic acids is 1. The fourth-order valence-electron chi connectivity index (χ4n) is 12.7. The molecule has 5 fully saturated rings. The third-order valence-electron chi connectivity index (χ3n) is 21.5. The van der Waals surface area contributed by atoms with Crippen LogP contribution in [-0.2, 0) is 51.6 Å². The third-order valence-corrected chi connectivity index (χ3v) is 35.7. The quantitative estimate of drug-likeness (QED) is 0.0558. The summed E-state index contributed by atoms with van der Waals surface area (Å²) in [6.07, 6.45) is 7.19. The average Bonchev–Trinajstić information content (AvgIpc) is 0.750. The first kappa shape index (κ1) is 81.4. The van der Waals surface area contributed by atoms with Crippen LogP contribution in [0, 0.1) is 29.6 Å². The van der Waals surface area contributed by atoms with Crippen LogP contribution in [0.2, 0.25) is 54.4 Å². The Bertz CT molecular complexity index is 3160. The zero-order valence-corrected chi connectivity index (χ0v) is 65.0. The van der Waals surface area contributed by atoms with Crippen molar-refractivity contribution < 1.29 is 75.7 Å². The zero-order valence-electron chi connectivity index (χ0n) is 60.5. The molecule has 12 atom stereocenters. The molecule has 21 nitrogen and oxygen atoms in total. The Labute approximate surface area is 582 Å². The molecule has 4 N–H and O–H groups in total. The number of para-hydroxylation sites is 2. The Hall–Kier alpha value is -5.32. The number of hydrogen-bond acceptors (Lipinski definition) is 15. The molecule has 5 aliphatic heterocycles. The van der Waals surface area contributed by atoms with Gasteiger partial charge in [0.1, 0.15) is 17.4 Å². The van der Waals surface area contributed by atoms with Crippen LogP contribution in [0.25, 0.3) is 0 Å². The van der Waals surface area contributed by atoms with Crippen LogP contribution in [0.5, 0.6) is 11.5 Å². The van der Waals surface area contributed by atoms with E-state index in [1.807, 2.05) is 45.9 Å². The van der Waals surface area contributed by atoms with Gasteiger partial charge in [-0.05, 0) is 139 Å². The molecule has 2 saturated carbocycles. The Morgan fingerprint density at radius 2 is 0.854 bits per heavy atom. The molecular formula is C71H114BrN5O16Si3. The second kappa shape index (κ2) is 31.1. The number of ether oxygens (including phenoxy) is 3. The van der Waals surface area contributed by atoms with Gasteiger partial charge in [0.25, 0.3) is 11.8 Å². The van der Waals surface area contributed by atoms with Crippen LogP contribution < -0.4 is 25.4 Å². The van der Waals surface area contributed by atoms with Gasteiger partial charge in [0.2, 0.25) is 29.5 Å². The normalized spacial score (nSPS) is 24.6. The highest BCUT2D eigenvalue weighted by Crippen LogP contribution is 2.47. The van der Waals surface area contributed by atoms with Gasteiger partial charge in [0.15, 0.2) is 42.6 Å². The molecule has 1 unspecified atom stereocenters. The summed E-state index contributed by atoms with van der Waals surface area (Å²) in [6, 6.07) is 13.6. The van der Waals surface area contributed by atoms with Crippen molar-refractivity contribution >= 4 is 94.2 Å². The molecule has 7 amide bonds. The number of carbonyl (C=O) groups is 9. The Balaban J connectivity index is 0.000000240. The molecule has 0 bridgehead atoms. The van der Waals surface area contributed by atoms with Gasteiger partial charge in [-0.2, -0.15) is 0 Å². The molecule has 2 spiro atoms. The van der Waals surface area contributed by atoms with Gasteiger partial charge in [0.05, 0.1) is 70.0 Å². The monoisotopic (exact) mass is 1460 g/mol. The number of halogens is 1. The lowest BCUT2D eigenvalue weighted by Crippen LogP contribution is -2.70. The summed E-state index contributed by atoms with van der Waals surface area (Å²) in [7, 11) is -5.99. The number of hydrogen-bond donors (Lipinski definition) is 4. The van der Waals surface area contributed by atoms with Gasteiger partial charge in [-0.1, -0.05) is 130 Å². The van der Waals surface area contributed by atoms with Gasteiger partial charge in [-0.25, -0.2) is 9.80 Å². The van der Waals surface area contributed by atoms with E-state index in [0.29, 0.717) is 48.3 Å². The number of fused-ring (bicyclic) bond motifs is 2. The van der Waals surface area contributed by atoms with E-state index in [1.54, 1.807) is 44.2 Å². The predicted molar refractivity (Wildman–Crippen MR) is 380 cm³/mol. The molecular weight excluding hydrogens is 1340 g/mol. The number of carbonyl (C=O) groups excluding carboxylic acids is 8. The molecule has 7 aliphatic rings. The highest BCUT2D eigenvalue weighted by Gasteiger charge is 2.58. The van der Waals surface area contributed by atoms with Crippen molar-refractivity contribution in [2.45, 2.75) is 290 Å². The highest BCUT2D eigenvalue weighted by molar-refractivity contribution is 9.10. The lowest BCUT2D eigenvalue weighted by atomic mass is 9.77.